The van der Waals surface area contributed by atoms with E-state index in [0.29, 0.717) is 6.54 Å². The highest BCUT2D eigenvalue weighted by atomic mass is 16.3. The number of nitrogens with one attached hydrogen (secondary N) is 1. The fraction of sp³-hybridized carbons (Fsp3) is 1.00. The second-order valence-electron chi connectivity index (χ2n) is 3.10. The van der Waals surface area contributed by atoms with Crippen molar-refractivity contribution in [2.24, 2.45) is 0 Å². The molecule has 0 unspecified atom stereocenters. The van der Waals surface area contributed by atoms with Crippen molar-refractivity contribution in [3.05, 3.63) is 0 Å². The molecule has 0 amide bonds. The predicted molar refractivity (Wildman–Crippen MR) is 50.1 cm³/mol. The Bertz CT molecular complexity index is 88.6. The summed E-state index contributed by atoms with van der Waals surface area (Å²) in [6.07, 6.45) is 4.34. The van der Waals surface area contributed by atoms with E-state index in [1.54, 1.807) is 0 Å². The van der Waals surface area contributed by atoms with Gasteiger partial charge in [-0.3, -0.25) is 0 Å². The monoisotopic (exact) mass is 175 g/mol. The Kier molecular flexibility index (Phi) is 8.88. The van der Waals surface area contributed by atoms with Crippen LogP contribution in [-0.2, 0) is 0 Å². The molecule has 0 aromatic heterocycles. The van der Waals surface area contributed by atoms with Crippen molar-refractivity contribution in [2.75, 3.05) is 19.7 Å². The van der Waals surface area contributed by atoms with Gasteiger partial charge >= 0.3 is 0 Å². The Labute approximate surface area is 74.8 Å². The molecule has 0 spiro atoms. The number of hydrogen-bond acceptors (Lipinski definition) is 3. The number of aliphatic hydroxyl groups excluding tert-OH is 2. The average molecular weight is 175 g/mol. The van der Waals surface area contributed by atoms with Crippen LogP contribution in [0.5, 0.6) is 0 Å². The summed E-state index contributed by atoms with van der Waals surface area (Å²) in [5.41, 5.74) is 0. The first-order chi connectivity index (χ1) is 5.81. The molecule has 0 saturated heterocycles. The Balaban J connectivity index is 2.90. The molecule has 0 aromatic carbocycles. The van der Waals surface area contributed by atoms with Crippen molar-refractivity contribution >= 4 is 0 Å². The van der Waals surface area contributed by atoms with Crippen LogP contribution in [0.15, 0.2) is 0 Å². The highest BCUT2D eigenvalue weighted by molar-refractivity contribution is 4.56. The smallest absolute Gasteiger partial charge is 0.0894 e. The van der Waals surface area contributed by atoms with Crippen molar-refractivity contribution in [1.82, 2.24) is 5.32 Å². The maximum atomic E-state index is 8.95. The second kappa shape index (κ2) is 8.97. The molecule has 12 heavy (non-hydrogen) atoms. The van der Waals surface area contributed by atoms with E-state index in [1.807, 2.05) is 0 Å². The minimum Gasteiger partial charge on any atom is -0.394 e. The van der Waals surface area contributed by atoms with Crippen LogP contribution in [0.1, 0.15) is 32.6 Å². The first-order valence-electron chi connectivity index (χ1n) is 4.81. The quantitative estimate of drug-likeness (QED) is 0.471. The first-order valence-corrected chi connectivity index (χ1v) is 4.81. The molecular formula is C9H21NO2. The van der Waals surface area contributed by atoms with Crippen LogP contribution < -0.4 is 5.32 Å². The van der Waals surface area contributed by atoms with E-state index in [2.05, 4.69) is 12.2 Å². The summed E-state index contributed by atoms with van der Waals surface area (Å²) >= 11 is 0. The van der Waals surface area contributed by atoms with Crippen molar-refractivity contribution < 1.29 is 10.2 Å². The van der Waals surface area contributed by atoms with E-state index in [-0.39, 0.29) is 6.61 Å². The molecule has 3 nitrogen and oxygen atoms in total. The normalized spacial score (nSPS) is 13.2. The van der Waals surface area contributed by atoms with E-state index in [4.69, 9.17) is 10.2 Å². The lowest BCUT2D eigenvalue weighted by atomic mass is 10.2. The van der Waals surface area contributed by atoms with Gasteiger partial charge in [0.15, 0.2) is 0 Å². The van der Waals surface area contributed by atoms with E-state index >= 15 is 0 Å². The lowest BCUT2D eigenvalue weighted by Crippen LogP contribution is -2.29. The predicted octanol–water partition coefficient (Wildman–Crippen LogP) is 0.510. The van der Waals surface area contributed by atoms with Gasteiger partial charge in [-0.15, -0.1) is 0 Å². The Hall–Kier alpha value is -0.120. The van der Waals surface area contributed by atoms with Gasteiger partial charge in [-0.25, -0.2) is 0 Å². The van der Waals surface area contributed by atoms with Gasteiger partial charge in [0.05, 0.1) is 12.7 Å². The van der Waals surface area contributed by atoms with E-state index in [1.165, 1.54) is 19.3 Å². The molecule has 0 heterocycles. The van der Waals surface area contributed by atoms with Crippen LogP contribution in [0, 0.1) is 0 Å². The minimum atomic E-state index is -0.601. The highest BCUT2D eigenvalue weighted by Crippen LogP contribution is 1.96. The van der Waals surface area contributed by atoms with Gasteiger partial charge in [-0.05, 0) is 13.0 Å². The molecule has 0 radical (unpaired) electrons. The summed E-state index contributed by atoms with van der Waals surface area (Å²) in [4.78, 5) is 0. The zero-order chi connectivity index (χ0) is 9.23. The third-order valence-corrected chi connectivity index (χ3v) is 1.80. The zero-order valence-electron chi connectivity index (χ0n) is 7.92. The van der Waals surface area contributed by atoms with Crippen LogP contribution in [0.4, 0.5) is 0 Å². The third kappa shape index (κ3) is 7.98. The molecule has 0 bridgehead atoms. The summed E-state index contributed by atoms with van der Waals surface area (Å²) < 4.78 is 0. The van der Waals surface area contributed by atoms with Crippen LogP contribution in [0.2, 0.25) is 0 Å². The van der Waals surface area contributed by atoms with Gasteiger partial charge in [0.1, 0.15) is 0 Å². The molecule has 1 atom stereocenters. The summed E-state index contributed by atoms with van der Waals surface area (Å²) in [6.45, 7) is 3.48. The van der Waals surface area contributed by atoms with Crippen molar-refractivity contribution in [1.29, 1.82) is 0 Å². The van der Waals surface area contributed by atoms with Crippen molar-refractivity contribution in [2.45, 2.75) is 38.7 Å². The summed E-state index contributed by atoms with van der Waals surface area (Å²) in [6, 6.07) is 0. The van der Waals surface area contributed by atoms with Crippen molar-refractivity contribution in [3.8, 4) is 0 Å². The van der Waals surface area contributed by atoms with Crippen molar-refractivity contribution in [3.63, 3.8) is 0 Å². The first kappa shape index (κ1) is 11.9. The number of rotatable bonds is 8. The van der Waals surface area contributed by atoms with E-state index in [9.17, 15) is 0 Å². The van der Waals surface area contributed by atoms with E-state index < -0.39 is 6.10 Å². The maximum absolute atomic E-state index is 8.95. The largest absolute Gasteiger partial charge is 0.394 e. The zero-order valence-corrected chi connectivity index (χ0v) is 7.92. The molecule has 0 aliphatic rings. The molecule has 3 heteroatoms. The molecule has 0 rings (SSSR count). The molecule has 0 aromatic rings. The molecular weight excluding hydrogens is 154 g/mol. The maximum Gasteiger partial charge on any atom is 0.0894 e. The molecule has 0 saturated carbocycles. The molecule has 0 fully saturated rings. The standard InChI is InChI=1S/C9H21NO2/c1-2-3-4-5-6-10-7-9(12)8-11/h9-12H,2-8H2,1H3/t9-/m0/s1. The summed E-state index contributed by atoms with van der Waals surface area (Å²) in [5.74, 6) is 0. The third-order valence-electron chi connectivity index (χ3n) is 1.80. The van der Waals surface area contributed by atoms with E-state index in [0.717, 1.165) is 13.0 Å². The van der Waals surface area contributed by atoms with Gasteiger partial charge in [-0.2, -0.15) is 0 Å². The van der Waals surface area contributed by atoms with Gasteiger partial charge in [0, 0.05) is 6.54 Å². The number of aliphatic hydroxyl groups is 2. The van der Waals surface area contributed by atoms with Gasteiger partial charge in [0.2, 0.25) is 0 Å². The van der Waals surface area contributed by atoms with Crippen LogP contribution in [0.3, 0.4) is 0 Å². The van der Waals surface area contributed by atoms with Crippen LogP contribution in [0.25, 0.3) is 0 Å². The lowest BCUT2D eigenvalue weighted by molar-refractivity contribution is 0.0945. The van der Waals surface area contributed by atoms with Crippen LogP contribution in [-0.4, -0.2) is 36.0 Å². The molecule has 74 valence electrons. The fourth-order valence-corrected chi connectivity index (χ4v) is 1.01. The number of hydrogen-bond donors (Lipinski definition) is 3. The Morgan fingerprint density at radius 1 is 1.25 bits per heavy atom. The van der Waals surface area contributed by atoms with Crippen LogP contribution >= 0.6 is 0 Å². The summed E-state index contributed by atoms with van der Waals surface area (Å²) in [5, 5.41) is 20.5. The Morgan fingerprint density at radius 3 is 2.58 bits per heavy atom. The average Bonchev–Trinajstić information content (AvgIpc) is 2.10. The summed E-state index contributed by atoms with van der Waals surface area (Å²) in [7, 11) is 0. The van der Waals surface area contributed by atoms with Gasteiger partial charge in [0.25, 0.3) is 0 Å². The van der Waals surface area contributed by atoms with Gasteiger partial charge < -0.3 is 15.5 Å². The highest BCUT2D eigenvalue weighted by Gasteiger charge is 1.98. The topological polar surface area (TPSA) is 52.5 Å². The lowest BCUT2D eigenvalue weighted by Gasteiger charge is -2.07. The number of unbranched alkanes of at least 4 members (excludes halogenated alkanes) is 3. The molecule has 0 aliphatic carbocycles. The fourth-order valence-electron chi connectivity index (χ4n) is 1.01. The molecule has 3 N–H and O–H groups in total. The minimum absolute atomic E-state index is 0.151. The second-order valence-corrected chi connectivity index (χ2v) is 3.10. The Morgan fingerprint density at radius 2 is 2.00 bits per heavy atom. The molecule has 0 aliphatic heterocycles. The SMILES string of the molecule is CCCCCCNC[C@H](O)CO. The van der Waals surface area contributed by atoms with Gasteiger partial charge in [-0.1, -0.05) is 26.2 Å².